The third-order valence-corrected chi connectivity index (χ3v) is 4.20. The topological polar surface area (TPSA) is 60.1 Å². The fourth-order valence-corrected chi connectivity index (χ4v) is 2.84. The predicted octanol–water partition coefficient (Wildman–Crippen LogP) is 2.11. The van der Waals surface area contributed by atoms with Crippen LogP contribution < -0.4 is 5.32 Å². The predicted molar refractivity (Wildman–Crippen MR) is 76.9 cm³/mol. The number of nitrogens with one attached hydrogen (secondary N) is 1. The van der Waals surface area contributed by atoms with Crippen LogP contribution in [0, 0.1) is 0 Å². The molecule has 0 aliphatic rings. The minimum Gasteiger partial charge on any atom is -0.468 e. The fraction of sp³-hybridized carbons (Fsp3) is 0.333. The Morgan fingerprint density at radius 3 is 3.16 bits per heavy atom. The van der Waals surface area contributed by atoms with Gasteiger partial charge in [0, 0.05) is 19.4 Å². The number of carbonyl (C=O) groups is 1. The Hall–Kier alpha value is -1.34. The molecule has 0 fully saturated rings. The van der Waals surface area contributed by atoms with Gasteiger partial charge in [0.15, 0.2) is 5.16 Å². The van der Waals surface area contributed by atoms with Gasteiger partial charge in [-0.3, -0.25) is 4.79 Å². The summed E-state index contributed by atoms with van der Waals surface area (Å²) in [5, 5.41) is 3.70. The van der Waals surface area contributed by atoms with Gasteiger partial charge in [0.2, 0.25) is 5.91 Å². The molecular weight excluding hydrogens is 282 g/mol. The number of hydrogen-bond donors (Lipinski definition) is 1. The largest absolute Gasteiger partial charge is 0.468 e. The fourth-order valence-electron chi connectivity index (χ4n) is 1.35. The summed E-state index contributed by atoms with van der Waals surface area (Å²) in [4.78, 5) is 15.8. The number of amides is 1. The highest BCUT2D eigenvalue weighted by atomic mass is 32.2. The molecule has 0 spiro atoms. The Bertz CT molecular complexity index is 511. The van der Waals surface area contributed by atoms with Gasteiger partial charge in [-0.15, -0.1) is 11.8 Å². The highest BCUT2D eigenvalue weighted by Gasteiger charge is 2.05. The minimum absolute atomic E-state index is 0.0138. The van der Waals surface area contributed by atoms with Crippen LogP contribution in [0.3, 0.4) is 0 Å². The molecule has 7 heteroatoms. The van der Waals surface area contributed by atoms with Crippen molar-refractivity contribution in [2.24, 2.45) is 7.05 Å². The molecule has 0 aliphatic carbocycles. The molecule has 1 amide bonds. The third kappa shape index (κ3) is 4.68. The lowest BCUT2D eigenvalue weighted by atomic mass is 10.5. The summed E-state index contributed by atoms with van der Waals surface area (Å²) >= 11 is 3.04. The molecule has 0 aromatic carbocycles. The first-order valence-electron chi connectivity index (χ1n) is 5.72. The number of imidazole rings is 1. The first kappa shape index (κ1) is 14.1. The molecule has 0 saturated carbocycles. The van der Waals surface area contributed by atoms with Crippen molar-refractivity contribution in [2.45, 2.75) is 10.9 Å². The van der Waals surface area contributed by atoms with Gasteiger partial charge in [0.1, 0.15) is 5.76 Å². The Labute approximate surface area is 120 Å². The Kier molecular flexibility index (Phi) is 5.41. The summed E-state index contributed by atoms with van der Waals surface area (Å²) in [5.74, 6) is 2.66. The van der Waals surface area contributed by atoms with Crippen molar-refractivity contribution in [1.29, 1.82) is 0 Å². The smallest absolute Gasteiger partial charge is 0.231 e. The molecule has 2 aromatic heterocycles. The number of furan rings is 1. The maximum Gasteiger partial charge on any atom is 0.231 e. The number of carbonyl (C=O) groups excluding carboxylic acids is 1. The highest BCUT2D eigenvalue weighted by Crippen LogP contribution is 2.14. The van der Waals surface area contributed by atoms with E-state index in [1.165, 1.54) is 11.8 Å². The number of nitrogens with zero attached hydrogens (tertiary/aromatic N) is 2. The SMILES string of the molecule is Cn1ccnc1SCC(=O)NCSCc1ccco1. The van der Waals surface area contributed by atoms with Crippen molar-refractivity contribution < 1.29 is 9.21 Å². The van der Waals surface area contributed by atoms with Crippen molar-refractivity contribution in [1.82, 2.24) is 14.9 Å². The monoisotopic (exact) mass is 297 g/mol. The van der Waals surface area contributed by atoms with E-state index in [1.54, 1.807) is 24.2 Å². The molecule has 5 nitrogen and oxygen atoms in total. The number of rotatable bonds is 7. The molecule has 2 aromatic rings. The summed E-state index contributed by atoms with van der Waals surface area (Å²) in [6.07, 6.45) is 5.23. The van der Waals surface area contributed by atoms with Gasteiger partial charge in [0.05, 0.1) is 23.6 Å². The maximum absolute atomic E-state index is 11.6. The molecule has 0 radical (unpaired) electrons. The molecule has 0 unspecified atom stereocenters. The summed E-state index contributed by atoms with van der Waals surface area (Å²) in [5.41, 5.74) is 0. The molecule has 0 atom stereocenters. The van der Waals surface area contributed by atoms with Crippen LogP contribution in [-0.4, -0.2) is 27.1 Å². The van der Waals surface area contributed by atoms with Gasteiger partial charge in [0.25, 0.3) is 0 Å². The number of aromatic nitrogens is 2. The van der Waals surface area contributed by atoms with E-state index >= 15 is 0 Å². The van der Waals surface area contributed by atoms with E-state index in [1.807, 2.05) is 29.9 Å². The lowest BCUT2D eigenvalue weighted by molar-refractivity contribution is -0.118. The molecule has 0 bridgehead atoms. The third-order valence-electron chi connectivity index (χ3n) is 2.31. The van der Waals surface area contributed by atoms with Crippen molar-refractivity contribution >= 4 is 29.4 Å². The van der Waals surface area contributed by atoms with E-state index in [-0.39, 0.29) is 5.91 Å². The Morgan fingerprint density at radius 1 is 1.58 bits per heavy atom. The second kappa shape index (κ2) is 7.30. The van der Waals surface area contributed by atoms with E-state index in [4.69, 9.17) is 4.42 Å². The zero-order valence-corrected chi connectivity index (χ0v) is 12.2. The Morgan fingerprint density at radius 2 is 2.47 bits per heavy atom. The van der Waals surface area contributed by atoms with Crippen LogP contribution in [0.15, 0.2) is 40.4 Å². The maximum atomic E-state index is 11.6. The quantitative estimate of drug-likeness (QED) is 0.482. The first-order valence-corrected chi connectivity index (χ1v) is 7.86. The van der Waals surface area contributed by atoms with Gasteiger partial charge < -0.3 is 14.3 Å². The van der Waals surface area contributed by atoms with Gasteiger partial charge >= 0.3 is 0 Å². The molecule has 2 heterocycles. The van der Waals surface area contributed by atoms with Gasteiger partial charge in [-0.05, 0) is 12.1 Å². The van der Waals surface area contributed by atoms with Crippen LogP contribution in [0.1, 0.15) is 5.76 Å². The molecule has 1 N–H and O–H groups in total. The summed E-state index contributed by atoms with van der Waals surface area (Å²) < 4.78 is 7.09. The molecule has 0 aliphatic heterocycles. The lowest BCUT2D eigenvalue weighted by Crippen LogP contribution is -2.24. The zero-order chi connectivity index (χ0) is 13.5. The molecular formula is C12H15N3O2S2. The molecule has 0 saturated heterocycles. The van der Waals surface area contributed by atoms with Crippen LogP contribution in [-0.2, 0) is 17.6 Å². The lowest BCUT2D eigenvalue weighted by Gasteiger charge is -2.04. The van der Waals surface area contributed by atoms with E-state index < -0.39 is 0 Å². The molecule has 102 valence electrons. The van der Waals surface area contributed by atoms with Crippen LogP contribution >= 0.6 is 23.5 Å². The van der Waals surface area contributed by atoms with Crippen LogP contribution in [0.5, 0.6) is 0 Å². The van der Waals surface area contributed by atoms with E-state index in [0.717, 1.165) is 16.7 Å². The van der Waals surface area contributed by atoms with Crippen molar-refractivity contribution in [3.05, 3.63) is 36.5 Å². The van der Waals surface area contributed by atoms with Crippen molar-refractivity contribution in [3.63, 3.8) is 0 Å². The number of thioether (sulfide) groups is 2. The van der Waals surface area contributed by atoms with Crippen molar-refractivity contribution in [2.75, 3.05) is 11.6 Å². The normalized spacial score (nSPS) is 10.6. The van der Waals surface area contributed by atoms with E-state index in [2.05, 4.69) is 10.3 Å². The van der Waals surface area contributed by atoms with Gasteiger partial charge in [-0.25, -0.2) is 4.98 Å². The number of aryl methyl sites for hydroxylation is 1. The summed E-state index contributed by atoms with van der Waals surface area (Å²) in [6, 6.07) is 3.78. The van der Waals surface area contributed by atoms with Crippen LogP contribution in [0.4, 0.5) is 0 Å². The van der Waals surface area contributed by atoms with Crippen molar-refractivity contribution in [3.8, 4) is 0 Å². The van der Waals surface area contributed by atoms with E-state index in [0.29, 0.717) is 11.6 Å². The van der Waals surface area contributed by atoms with E-state index in [9.17, 15) is 4.79 Å². The second-order valence-electron chi connectivity index (χ2n) is 3.78. The zero-order valence-electron chi connectivity index (χ0n) is 10.5. The van der Waals surface area contributed by atoms with Gasteiger partial charge in [-0.1, -0.05) is 11.8 Å². The molecule has 19 heavy (non-hydrogen) atoms. The van der Waals surface area contributed by atoms with Crippen LogP contribution in [0.25, 0.3) is 0 Å². The second-order valence-corrected chi connectivity index (χ2v) is 5.71. The number of hydrogen-bond acceptors (Lipinski definition) is 5. The average Bonchev–Trinajstić information content (AvgIpc) is 3.04. The minimum atomic E-state index is 0.0138. The average molecular weight is 297 g/mol. The van der Waals surface area contributed by atoms with Gasteiger partial charge in [-0.2, -0.15) is 0 Å². The molecule has 2 rings (SSSR count). The Balaban J connectivity index is 1.58. The first-order chi connectivity index (χ1) is 9.25. The summed E-state index contributed by atoms with van der Waals surface area (Å²) in [6.45, 7) is 0. The standard InChI is InChI=1S/C12H15N3O2S2/c1-15-5-4-13-12(15)19-8-11(16)14-9-18-7-10-3-2-6-17-10/h2-6H,7-9H2,1H3,(H,14,16). The summed E-state index contributed by atoms with van der Waals surface area (Å²) in [7, 11) is 1.91. The highest BCUT2D eigenvalue weighted by molar-refractivity contribution is 7.99. The van der Waals surface area contributed by atoms with Crippen LogP contribution in [0.2, 0.25) is 0 Å².